The molecule has 0 radical (unpaired) electrons. The summed E-state index contributed by atoms with van der Waals surface area (Å²) < 4.78 is 0. The van der Waals surface area contributed by atoms with Crippen LogP contribution in [0.2, 0.25) is 0 Å². The Balaban J connectivity index is 2.28. The van der Waals surface area contributed by atoms with Gasteiger partial charge in [-0.25, -0.2) is 4.79 Å². The van der Waals surface area contributed by atoms with Crippen molar-refractivity contribution in [3.05, 3.63) is 0 Å². The smallest absolute Gasteiger partial charge is 0.318 e. The molecule has 0 aliphatic carbocycles. The van der Waals surface area contributed by atoms with E-state index >= 15 is 0 Å². The zero-order chi connectivity index (χ0) is 13.5. The molecule has 104 valence electrons. The maximum Gasteiger partial charge on any atom is 0.326 e. The second kappa shape index (κ2) is 7.36. The molecular formula is C13H25N3O2. The van der Waals surface area contributed by atoms with Gasteiger partial charge in [0.1, 0.15) is 6.54 Å². The first-order valence-electron chi connectivity index (χ1n) is 6.89. The van der Waals surface area contributed by atoms with E-state index in [1.54, 1.807) is 7.05 Å². The molecule has 0 aromatic heterocycles. The average Bonchev–Trinajstić information content (AvgIpc) is 2.59. The Morgan fingerprint density at radius 3 is 2.56 bits per heavy atom. The first kappa shape index (κ1) is 15.0. The third-order valence-electron chi connectivity index (χ3n) is 3.34. The Hall–Kier alpha value is -1.10. The van der Waals surface area contributed by atoms with Crippen LogP contribution in [0.25, 0.3) is 0 Å². The highest BCUT2D eigenvalue weighted by atomic mass is 16.2. The van der Waals surface area contributed by atoms with Crippen molar-refractivity contribution >= 4 is 11.9 Å². The number of nitrogens with zero attached hydrogens (tertiary/aromatic N) is 2. The molecule has 1 unspecified atom stereocenters. The molecule has 0 aromatic rings. The third kappa shape index (κ3) is 3.98. The van der Waals surface area contributed by atoms with Gasteiger partial charge in [0, 0.05) is 19.6 Å². The molecule has 5 nitrogen and oxygen atoms in total. The first-order valence-corrected chi connectivity index (χ1v) is 6.89. The molecule has 3 amide bonds. The van der Waals surface area contributed by atoms with E-state index in [9.17, 15) is 9.59 Å². The van der Waals surface area contributed by atoms with E-state index in [1.807, 2.05) is 0 Å². The normalized spacial score (nSPS) is 17.7. The lowest BCUT2D eigenvalue weighted by Crippen LogP contribution is -2.34. The summed E-state index contributed by atoms with van der Waals surface area (Å²) in [4.78, 5) is 26.0. The highest BCUT2D eigenvalue weighted by molar-refractivity contribution is 6.01. The minimum Gasteiger partial charge on any atom is -0.318 e. The molecular weight excluding hydrogens is 230 g/mol. The number of hydrogen-bond acceptors (Lipinski definition) is 3. The molecule has 0 spiro atoms. The van der Waals surface area contributed by atoms with Crippen LogP contribution in [0.15, 0.2) is 0 Å². The molecule has 0 saturated carbocycles. The fourth-order valence-corrected chi connectivity index (χ4v) is 2.18. The monoisotopic (exact) mass is 255 g/mol. The van der Waals surface area contributed by atoms with Gasteiger partial charge in [-0.2, -0.15) is 0 Å². The van der Waals surface area contributed by atoms with Crippen molar-refractivity contribution < 1.29 is 9.59 Å². The van der Waals surface area contributed by atoms with Gasteiger partial charge < -0.3 is 10.2 Å². The molecule has 1 fully saturated rings. The average molecular weight is 255 g/mol. The molecule has 1 aliphatic heterocycles. The van der Waals surface area contributed by atoms with Gasteiger partial charge in [-0.05, 0) is 32.2 Å². The van der Waals surface area contributed by atoms with Gasteiger partial charge in [-0.15, -0.1) is 0 Å². The lowest BCUT2D eigenvalue weighted by Gasteiger charge is -2.18. The molecule has 1 N–H and O–H groups in total. The second-order valence-corrected chi connectivity index (χ2v) is 4.89. The van der Waals surface area contributed by atoms with Gasteiger partial charge in [-0.3, -0.25) is 9.69 Å². The number of imide groups is 1. The summed E-state index contributed by atoms with van der Waals surface area (Å²) in [5.41, 5.74) is 0. The Morgan fingerprint density at radius 1 is 1.33 bits per heavy atom. The minimum atomic E-state index is -0.158. The quantitative estimate of drug-likeness (QED) is 0.668. The molecule has 0 aromatic carbocycles. The largest absolute Gasteiger partial charge is 0.326 e. The Bertz CT molecular complexity index is 294. The van der Waals surface area contributed by atoms with Crippen LogP contribution in [0, 0.1) is 0 Å². The summed E-state index contributed by atoms with van der Waals surface area (Å²) in [6, 6.07) is 0.338. The number of hydrogen-bond donors (Lipinski definition) is 1. The Morgan fingerprint density at radius 2 is 2.06 bits per heavy atom. The van der Waals surface area contributed by atoms with Crippen LogP contribution < -0.4 is 5.32 Å². The maximum atomic E-state index is 11.6. The molecule has 1 rings (SSSR count). The van der Waals surface area contributed by atoms with E-state index in [2.05, 4.69) is 19.2 Å². The van der Waals surface area contributed by atoms with Gasteiger partial charge in [-0.1, -0.05) is 13.8 Å². The molecule has 18 heavy (non-hydrogen) atoms. The highest BCUT2D eigenvalue weighted by Crippen LogP contribution is 2.10. The molecule has 1 heterocycles. The van der Waals surface area contributed by atoms with Gasteiger partial charge in [0.2, 0.25) is 5.91 Å². The van der Waals surface area contributed by atoms with E-state index < -0.39 is 0 Å². The Kier molecular flexibility index (Phi) is 6.12. The SMILES string of the molecule is CCCNC(CC)CCCN1C(=O)CN(C)C1=O. The summed E-state index contributed by atoms with van der Waals surface area (Å²) in [5.74, 6) is -0.0722. The molecule has 1 saturated heterocycles. The molecule has 1 aliphatic rings. The van der Waals surface area contributed by atoms with Crippen LogP contribution in [0.1, 0.15) is 39.5 Å². The molecule has 1 atom stereocenters. The van der Waals surface area contributed by atoms with E-state index in [1.165, 1.54) is 9.80 Å². The number of likely N-dealkylation sites (N-methyl/N-ethyl adjacent to an activating group) is 1. The number of carbonyl (C=O) groups excluding carboxylic acids is 2. The zero-order valence-electron chi connectivity index (χ0n) is 11.7. The van der Waals surface area contributed by atoms with E-state index in [-0.39, 0.29) is 18.5 Å². The van der Waals surface area contributed by atoms with Crippen LogP contribution >= 0.6 is 0 Å². The van der Waals surface area contributed by atoms with Gasteiger partial charge in [0.05, 0.1) is 0 Å². The number of rotatable bonds is 8. The number of amides is 3. The van der Waals surface area contributed by atoms with Crippen LogP contribution in [0.5, 0.6) is 0 Å². The summed E-state index contributed by atoms with van der Waals surface area (Å²) in [6.07, 6.45) is 4.10. The number of carbonyl (C=O) groups is 2. The summed E-state index contributed by atoms with van der Waals surface area (Å²) in [5, 5.41) is 3.48. The molecule has 5 heteroatoms. The van der Waals surface area contributed by atoms with Gasteiger partial charge in [0.15, 0.2) is 0 Å². The molecule has 0 bridgehead atoms. The van der Waals surface area contributed by atoms with Crippen molar-refractivity contribution in [3.63, 3.8) is 0 Å². The van der Waals surface area contributed by atoms with Crippen LogP contribution in [0.3, 0.4) is 0 Å². The van der Waals surface area contributed by atoms with Crippen LogP contribution in [-0.2, 0) is 4.79 Å². The number of urea groups is 1. The standard InChI is InChI=1S/C13H25N3O2/c1-4-8-14-11(5-2)7-6-9-16-12(17)10-15(3)13(16)18/h11,14H,4-10H2,1-3H3. The lowest BCUT2D eigenvalue weighted by molar-refractivity contribution is -0.125. The number of nitrogens with one attached hydrogen (secondary N) is 1. The minimum absolute atomic E-state index is 0.0722. The first-order chi connectivity index (χ1) is 8.60. The van der Waals surface area contributed by atoms with Crippen LogP contribution in [0.4, 0.5) is 4.79 Å². The Labute approximate surface area is 110 Å². The van der Waals surface area contributed by atoms with Crippen molar-refractivity contribution in [2.24, 2.45) is 0 Å². The highest BCUT2D eigenvalue weighted by Gasteiger charge is 2.32. The van der Waals surface area contributed by atoms with Gasteiger partial charge in [0.25, 0.3) is 0 Å². The second-order valence-electron chi connectivity index (χ2n) is 4.89. The van der Waals surface area contributed by atoms with Crippen molar-refractivity contribution in [1.82, 2.24) is 15.1 Å². The van der Waals surface area contributed by atoms with Crippen molar-refractivity contribution in [2.75, 3.05) is 26.7 Å². The van der Waals surface area contributed by atoms with E-state index in [0.29, 0.717) is 12.6 Å². The predicted molar refractivity (Wildman–Crippen MR) is 71.3 cm³/mol. The van der Waals surface area contributed by atoms with E-state index in [0.717, 1.165) is 32.2 Å². The van der Waals surface area contributed by atoms with Crippen molar-refractivity contribution in [2.45, 2.75) is 45.6 Å². The topological polar surface area (TPSA) is 52.7 Å². The van der Waals surface area contributed by atoms with Crippen molar-refractivity contribution in [3.8, 4) is 0 Å². The zero-order valence-corrected chi connectivity index (χ0v) is 11.7. The van der Waals surface area contributed by atoms with Gasteiger partial charge >= 0.3 is 6.03 Å². The predicted octanol–water partition coefficient (Wildman–Crippen LogP) is 1.44. The van der Waals surface area contributed by atoms with Crippen molar-refractivity contribution in [1.29, 1.82) is 0 Å². The summed E-state index contributed by atoms with van der Waals surface area (Å²) in [7, 11) is 1.66. The summed E-state index contributed by atoms with van der Waals surface area (Å²) in [6.45, 7) is 6.11. The van der Waals surface area contributed by atoms with E-state index in [4.69, 9.17) is 0 Å². The van der Waals surface area contributed by atoms with Crippen LogP contribution in [-0.4, -0.2) is 54.5 Å². The fraction of sp³-hybridized carbons (Fsp3) is 0.846. The fourth-order valence-electron chi connectivity index (χ4n) is 2.18. The lowest BCUT2D eigenvalue weighted by atomic mass is 10.1. The maximum absolute atomic E-state index is 11.6. The summed E-state index contributed by atoms with van der Waals surface area (Å²) >= 11 is 0. The third-order valence-corrected chi connectivity index (χ3v) is 3.34.